The smallest absolute Gasteiger partial charge is 0.255 e. The molecule has 0 aliphatic carbocycles. The molecule has 2 aliphatic rings. The van der Waals surface area contributed by atoms with E-state index in [9.17, 15) is 9.59 Å². The van der Waals surface area contributed by atoms with Crippen LogP contribution in [0.1, 0.15) is 34.0 Å². The second kappa shape index (κ2) is 6.88. The summed E-state index contributed by atoms with van der Waals surface area (Å²) in [6, 6.07) is 11.6. The van der Waals surface area contributed by atoms with Crippen LogP contribution in [0, 0.1) is 5.92 Å². The molecule has 0 unspecified atom stereocenters. The maximum atomic E-state index is 13.2. The maximum Gasteiger partial charge on any atom is 0.255 e. The lowest BCUT2D eigenvalue weighted by Gasteiger charge is -2.43. The lowest BCUT2D eigenvalue weighted by Crippen LogP contribution is -2.49. The minimum atomic E-state index is 0.0398. The third kappa shape index (κ3) is 3.17. The molecule has 1 saturated heterocycles. The van der Waals surface area contributed by atoms with E-state index in [1.54, 1.807) is 6.26 Å². The molecule has 0 radical (unpaired) electrons. The average Bonchev–Trinajstić information content (AvgIpc) is 3.17. The van der Waals surface area contributed by atoms with E-state index in [1.807, 2.05) is 58.8 Å². The highest BCUT2D eigenvalue weighted by Crippen LogP contribution is 2.36. The zero-order valence-electron chi connectivity index (χ0n) is 16.8. The van der Waals surface area contributed by atoms with E-state index in [4.69, 9.17) is 4.42 Å². The van der Waals surface area contributed by atoms with Gasteiger partial charge >= 0.3 is 0 Å². The molecule has 1 aromatic carbocycles. The number of hydrogen-bond donors (Lipinski definition) is 0. The fraction of sp³-hybridized carbons (Fsp3) is 0.391. The van der Waals surface area contributed by atoms with Crippen molar-refractivity contribution in [1.82, 2.24) is 14.4 Å². The molecule has 0 spiro atoms. The first-order chi connectivity index (χ1) is 14.0. The maximum absolute atomic E-state index is 13.2. The number of carbonyl (C=O) groups excluding carboxylic acids is 1. The summed E-state index contributed by atoms with van der Waals surface area (Å²) < 4.78 is 7.41. The highest BCUT2D eigenvalue weighted by molar-refractivity contribution is 5.97. The fourth-order valence-electron chi connectivity index (χ4n) is 4.89. The van der Waals surface area contributed by atoms with Crippen LogP contribution in [0.5, 0.6) is 0 Å². The van der Waals surface area contributed by atoms with Crippen LogP contribution in [-0.2, 0) is 13.1 Å². The van der Waals surface area contributed by atoms with E-state index >= 15 is 0 Å². The Labute approximate surface area is 169 Å². The summed E-state index contributed by atoms with van der Waals surface area (Å²) in [6.07, 6.45) is 2.68. The molecule has 1 amide bonds. The van der Waals surface area contributed by atoms with Crippen LogP contribution in [0.25, 0.3) is 11.0 Å². The number of aromatic nitrogens is 1. The third-order valence-electron chi connectivity index (χ3n) is 6.16. The van der Waals surface area contributed by atoms with E-state index in [0.29, 0.717) is 37.7 Å². The van der Waals surface area contributed by atoms with E-state index in [2.05, 4.69) is 6.07 Å². The Morgan fingerprint density at radius 2 is 2.00 bits per heavy atom. The summed E-state index contributed by atoms with van der Waals surface area (Å²) in [5.74, 6) is 0.558. The molecule has 6 heteroatoms. The first-order valence-electron chi connectivity index (χ1n) is 10.1. The van der Waals surface area contributed by atoms with Gasteiger partial charge in [0.2, 0.25) is 0 Å². The number of furan rings is 1. The molecule has 4 heterocycles. The monoisotopic (exact) mass is 391 g/mol. The van der Waals surface area contributed by atoms with Gasteiger partial charge in [0.25, 0.3) is 11.5 Å². The number of benzene rings is 1. The van der Waals surface area contributed by atoms with E-state index in [1.165, 1.54) is 0 Å². The Morgan fingerprint density at radius 3 is 2.83 bits per heavy atom. The Bertz CT molecular complexity index is 1140. The van der Waals surface area contributed by atoms with Crippen molar-refractivity contribution in [3.05, 3.63) is 69.8 Å². The van der Waals surface area contributed by atoms with Gasteiger partial charge in [-0.25, -0.2) is 0 Å². The molecule has 29 heavy (non-hydrogen) atoms. The number of amides is 1. The summed E-state index contributed by atoms with van der Waals surface area (Å²) in [5, 5.41) is 0.999. The molecule has 5 rings (SSSR count). The van der Waals surface area contributed by atoms with Crippen LogP contribution < -0.4 is 5.56 Å². The lowest BCUT2D eigenvalue weighted by atomic mass is 9.82. The topological polar surface area (TPSA) is 58.7 Å². The van der Waals surface area contributed by atoms with Crippen LogP contribution >= 0.6 is 0 Å². The highest BCUT2D eigenvalue weighted by Gasteiger charge is 2.37. The van der Waals surface area contributed by atoms with Crippen LogP contribution in [0.2, 0.25) is 0 Å². The largest absolute Gasteiger partial charge is 0.464 e. The molecule has 0 saturated carbocycles. The van der Waals surface area contributed by atoms with E-state index in [0.717, 1.165) is 28.6 Å². The number of nitrogens with zero attached hydrogens (tertiary/aromatic N) is 3. The molecular weight excluding hydrogens is 366 g/mol. The predicted molar refractivity (Wildman–Crippen MR) is 111 cm³/mol. The number of fused-ring (bicyclic) bond motifs is 5. The van der Waals surface area contributed by atoms with Crippen molar-refractivity contribution >= 4 is 16.9 Å². The van der Waals surface area contributed by atoms with Gasteiger partial charge in [-0.05, 0) is 50.7 Å². The number of hydrogen-bond acceptors (Lipinski definition) is 4. The molecule has 2 atom stereocenters. The lowest BCUT2D eigenvalue weighted by molar-refractivity contribution is 0.0594. The van der Waals surface area contributed by atoms with Gasteiger partial charge in [-0.1, -0.05) is 12.1 Å². The third-order valence-corrected chi connectivity index (χ3v) is 6.16. The highest BCUT2D eigenvalue weighted by atomic mass is 16.3. The summed E-state index contributed by atoms with van der Waals surface area (Å²) >= 11 is 0. The number of pyridine rings is 1. The Balaban J connectivity index is 1.42. The van der Waals surface area contributed by atoms with Crippen molar-refractivity contribution in [1.29, 1.82) is 0 Å². The van der Waals surface area contributed by atoms with Crippen molar-refractivity contribution in [2.24, 2.45) is 5.92 Å². The van der Waals surface area contributed by atoms with Gasteiger partial charge in [0.1, 0.15) is 5.58 Å². The van der Waals surface area contributed by atoms with Crippen molar-refractivity contribution in [3.8, 4) is 0 Å². The molecule has 2 aromatic heterocycles. The van der Waals surface area contributed by atoms with Crippen LogP contribution in [0.3, 0.4) is 0 Å². The number of rotatable bonds is 3. The van der Waals surface area contributed by atoms with Crippen LogP contribution in [-0.4, -0.2) is 47.5 Å². The van der Waals surface area contributed by atoms with Crippen LogP contribution in [0.15, 0.2) is 51.9 Å². The second-order valence-corrected chi connectivity index (χ2v) is 8.62. The van der Waals surface area contributed by atoms with Crippen molar-refractivity contribution in [3.63, 3.8) is 0 Å². The first-order valence-corrected chi connectivity index (χ1v) is 10.1. The zero-order chi connectivity index (χ0) is 20.1. The van der Waals surface area contributed by atoms with Gasteiger partial charge in [0.15, 0.2) is 0 Å². The summed E-state index contributed by atoms with van der Waals surface area (Å²) in [6.45, 7) is 2.68. The predicted octanol–water partition coefficient (Wildman–Crippen LogP) is 2.92. The quantitative estimate of drug-likeness (QED) is 0.689. The summed E-state index contributed by atoms with van der Waals surface area (Å²) in [4.78, 5) is 30.1. The fourth-order valence-corrected chi connectivity index (χ4v) is 4.89. The summed E-state index contributed by atoms with van der Waals surface area (Å²) in [5.41, 5.74) is 3.41. The van der Waals surface area contributed by atoms with Crippen molar-refractivity contribution < 1.29 is 9.21 Å². The van der Waals surface area contributed by atoms with Gasteiger partial charge in [-0.2, -0.15) is 0 Å². The van der Waals surface area contributed by atoms with Crippen molar-refractivity contribution in [2.75, 3.05) is 27.2 Å². The number of carbonyl (C=O) groups is 1. The standard InChI is InChI=1S/C23H25N3O3/c1-24(2)13-18-5-6-20-19-9-15(12-26(20)23(18)28)11-25(14-19)22(27)17-4-3-16-7-8-29-21(16)10-17/h3-8,10,15,19H,9,11-14H2,1-2H3/t15-,19+/m0/s1. The molecular formula is C23H25N3O3. The van der Waals surface area contributed by atoms with Gasteiger partial charge in [-0.15, -0.1) is 0 Å². The molecule has 0 N–H and O–H groups in total. The molecule has 3 aromatic rings. The molecule has 1 fully saturated rings. The SMILES string of the molecule is CN(C)Cc1ccc2n(c1=O)C[C@H]1C[C@@H]2CN(C(=O)c2ccc3ccoc3c2)C1. The van der Waals surface area contributed by atoms with Crippen molar-refractivity contribution in [2.45, 2.75) is 25.4 Å². The molecule has 6 nitrogen and oxygen atoms in total. The average molecular weight is 391 g/mol. The number of piperidine rings is 1. The first kappa shape index (κ1) is 18.2. The van der Waals surface area contributed by atoms with Gasteiger partial charge < -0.3 is 18.8 Å². The minimum absolute atomic E-state index is 0.0398. The minimum Gasteiger partial charge on any atom is -0.464 e. The van der Waals surface area contributed by atoms with Gasteiger partial charge in [0, 0.05) is 54.3 Å². The molecule has 2 bridgehead atoms. The Hall–Kier alpha value is -2.86. The van der Waals surface area contributed by atoms with Gasteiger partial charge in [0.05, 0.1) is 6.26 Å². The van der Waals surface area contributed by atoms with Crippen LogP contribution in [0.4, 0.5) is 0 Å². The second-order valence-electron chi connectivity index (χ2n) is 8.62. The summed E-state index contributed by atoms with van der Waals surface area (Å²) in [7, 11) is 3.95. The van der Waals surface area contributed by atoms with E-state index < -0.39 is 0 Å². The molecule has 2 aliphatic heterocycles. The Morgan fingerprint density at radius 1 is 1.14 bits per heavy atom. The molecule has 150 valence electrons. The zero-order valence-corrected chi connectivity index (χ0v) is 16.8. The number of likely N-dealkylation sites (tertiary alicyclic amines) is 1. The Kier molecular flexibility index (Phi) is 4.32. The van der Waals surface area contributed by atoms with E-state index in [-0.39, 0.29) is 17.4 Å². The van der Waals surface area contributed by atoms with Gasteiger partial charge in [-0.3, -0.25) is 9.59 Å². The normalized spacial score (nSPS) is 20.9.